The smallest absolute Gasteiger partial charge is 0.270 e. The van der Waals surface area contributed by atoms with Gasteiger partial charge in [0.2, 0.25) is 4.34 Å². The van der Waals surface area contributed by atoms with E-state index in [0.717, 1.165) is 11.3 Å². The molecule has 0 bridgehead atoms. The number of thiazole rings is 1. The van der Waals surface area contributed by atoms with Crippen molar-refractivity contribution in [2.45, 2.75) is 37.6 Å². The highest BCUT2D eigenvalue weighted by Gasteiger charge is 2.35. The van der Waals surface area contributed by atoms with Crippen LogP contribution in [0.15, 0.2) is 16.5 Å². The molecule has 0 spiro atoms. The molecule has 0 atom stereocenters. The molecule has 0 amide bonds. The molecular formula is C15H22N2O4S2. The van der Waals surface area contributed by atoms with Gasteiger partial charge in [-0.05, 0) is 26.8 Å². The summed E-state index contributed by atoms with van der Waals surface area (Å²) in [5.74, 6) is 1.10. The van der Waals surface area contributed by atoms with Crippen LogP contribution in [0.3, 0.4) is 0 Å². The predicted molar refractivity (Wildman–Crippen MR) is 92.0 cm³/mol. The number of nitrogens with zero attached hydrogens (tertiary/aromatic N) is 2. The van der Waals surface area contributed by atoms with Crippen LogP contribution in [-0.4, -0.2) is 44.0 Å². The van der Waals surface area contributed by atoms with Crippen LogP contribution in [0.2, 0.25) is 0 Å². The number of sulfonamides is 1. The van der Waals surface area contributed by atoms with E-state index < -0.39 is 15.6 Å². The van der Waals surface area contributed by atoms with Crippen LogP contribution >= 0.6 is 11.3 Å². The topological polar surface area (TPSA) is 68.7 Å². The predicted octanol–water partition coefficient (Wildman–Crippen LogP) is 3.12. The molecule has 6 nitrogen and oxygen atoms in total. The zero-order chi connectivity index (χ0) is 17.4. The van der Waals surface area contributed by atoms with Gasteiger partial charge in [0.15, 0.2) is 0 Å². The number of methoxy groups -OCH3 is 2. The van der Waals surface area contributed by atoms with Crippen molar-refractivity contribution in [2.24, 2.45) is 0 Å². The molecule has 128 valence electrons. The van der Waals surface area contributed by atoms with E-state index in [1.807, 2.05) is 27.7 Å². The molecule has 0 saturated heterocycles. The fourth-order valence-corrected chi connectivity index (χ4v) is 5.60. The summed E-state index contributed by atoms with van der Waals surface area (Å²) in [6.45, 7) is 7.79. The van der Waals surface area contributed by atoms with E-state index in [-0.39, 0.29) is 4.34 Å². The molecule has 0 aliphatic carbocycles. The Labute approximate surface area is 141 Å². The molecule has 1 heterocycles. The third-order valence-electron chi connectivity index (χ3n) is 3.42. The number of aromatic nitrogens is 1. The van der Waals surface area contributed by atoms with Crippen molar-refractivity contribution in [3.8, 4) is 11.5 Å². The van der Waals surface area contributed by atoms with Gasteiger partial charge in [0.25, 0.3) is 10.0 Å². The minimum absolute atomic E-state index is 0.0656. The van der Waals surface area contributed by atoms with Gasteiger partial charge in [-0.15, -0.1) is 11.3 Å². The number of rotatable bonds is 5. The molecule has 0 N–H and O–H groups in total. The van der Waals surface area contributed by atoms with Gasteiger partial charge >= 0.3 is 0 Å². The zero-order valence-electron chi connectivity index (χ0n) is 14.2. The molecule has 8 heteroatoms. The van der Waals surface area contributed by atoms with Gasteiger partial charge in [0, 0.05) is 18.2 Å². The summed E-state index contributed by atoms with van der Waals surface area (Å²) in [5.41, 5.74) is 0.00886. The number of benzene rings is 1. The van der Waals surface area contributed by atoms with Crippen molar-refractivity contribution in [3.05, 3.63) is 12.1 Å². The van der Waals surface area contributed by atoms with Crippen LogP contribution in [0.5, 0.6) is 11.5 Å². The van der Waals surface area contributed by atoms with Crippen molar-refractivity contribution in [1.29, 1.82) is 0 Å². The maximum absolute atomic E-state index is 12.9. The normalized spacial score (nSPS) is 12.8. The Morgan fingerprint density at radius 1 is 1.22 bits per heavy atom. The number of fused-ring (bicyclic) bond motifs is 1. The monoisotopic (exact) mass is 358 g/mol. The summed E-state index contributed by atoms with van der Waals surface area (Å²) in [4.78, 5) is 4.32. The minimum Gasteiger partial charge on any atom is -0.497 e. The van der Waals surface area contributed by atoms with Crippen LogP contribution in [0, 0.1) is 0 Å². The van der Waals surface area contributed by atoms with Crippen molar-refractivity contribution >= 4 is 31.6 Å². The molecule has 0 saturated carbocycles. The second-order valence-electron chi connectivity index (χ2n) is 6.00. The SMILES string of the molecule is CCN(C(C)(C)C)S(=O)(=O)c1nc2c(OC)cc(OC)cc2s1. The van der Waals surface area contributed by atoms with Gasteiger partial charge < -0.3 is 9.47 Å². The third-order valence-corrected chi connectivity index (χ3v) is 7.01. The van der Waals surface area contributed by atoms with E-state index in [2.05, 4.69) is 4.98 Å². The fourth-order valence-electron chi connectivity index (χ4n) is 2.44. The van der Waals surface area contributed by atoms with E-state index >= 15 is 0 Å². The lowest BCUT2D eigenvalue weighted by molar-refractivity contribution is 0.259. The lowest BCUT2D eigenvalue weighted by Gasteiger charge is -2.32. The molecule has 23 heavy (non-hydrogen) atoms. The van der Waals surface area contributed by atoms with Crippen molar-refractivity contribution in [3.63, 3.8) is 0 Å². The summed E-state index contributed by atoms with van der Waals surface area (Å²) in [5, 5.41) is 0. The first-order chi connectivity index (χ1) is 10.6. The maximum atomic E-state index is 12.9. The largest absolute Gasteiger partial charge is 0.497 e. The molecule has 2 aromatic rings. The summed E-state index contributed by atoms with van der Waals surface area (Å²) < 4.78 is 38.6. The number of hydrogen-bond acceptors (Lipinski definition) is 6. The Bertz CT molecular complexity index is 807. The molecular weight excluding hydrogens is 336 g/mol. The molecule has 2 rings (SSSR count). The van der Waals surface area contributed by atoms with Gasteiger partial charge in [-0.2, -0.15) is 4.31 Å². The fraction of sp³-hybridized carbons (Fsp3) is 0.533. The van der Waals surface area contributed by atoms with Crippen molar-refractivity contribution in [1.82, 2.24) is 9.29 Å². The van der Waals surface area contributed by atoms with Gasteiger partial charge in [-0.25, -0.2) is 13.4 Å². The van der Waals surface area contributed by atoms with Crippen LogP contribution < -0.4 is 9.47 Å². The van der Waals surface area contributed by atoms with E-state index in [4.69, 9.17) is 9.47 Å². The summed E-state index contributed by atoms with van der Waals surface area (Å²) in [7, 11) is -0.595. The van der Waals surface area contributed by atoms with Gasteiger partial charge in [-0.3, -0.25) is 0 Å². The van der Waals surface area contributed by atoms with E-state index in [0.29, 0.717) is 28.3 Å². The summed E-state index contributed by atoms with van der Waals surface area (Å²) >= 11 is 1.12. The lowest BCUT2D eigenvalue weighted by atomic mass is 10.1. The highest BCUT2D eigenvalue weighted by Crippen LogP contribution is 2.37. The molecule has 0 aliphatic rings. The van der Waals surface area contributed by atoms with E-state index in [9.17, 15) is 8.42 Å². The molecule has 0 aliphatic heterocycles. The number of ether oxygens (including phenoxy) is 2. The Morgan fingerprint density at radius 2 is 1.87 bits per heavy atom. The Balaban J connectivity index is 2.64. The Morgan fingerprint density at radius 3 is 2.35 bits per heavy atom. The molecule has 0 unspecified atom stereocenters. The second kappa shape index (κ2) is 6.26. The lowest BCUT2D eigenvalue weighted by Crippen LogP contribution is -2.45. The first-order valence-corrected chi connectivity index (χ1v) is 9.46. The highest BCUT2D eigenvalue weighted by molar-refractivity contribution is 7.91. The Kier molecular flexibility index (Phi) is 4.89. The van der Waals surface area contributed by atoms with Gasteiger partial charge in [0.05, 0.1) is 18.9 Å². The quantitative estimate of drug-likeness (QED) is 0.821. The summed E-state index contributed by atoms with van der Waals surface area (Å²) in [6, 6.07) is 3.46. The molecule has 1 aromatic heterocycles. The van der Waals surface area contributed by atoms with Crippen LogP contribution in [-0.2, 0) is 10.0 Å². The van der Waals surface area contributed by atoms with E-state index in [1.165, 1.54) is 11.4 Å². The first kappa shape index (κ1) is 18.0. The summed E-state index contributed by atoms with van der Waals surface area (Å²) in [6.07, 6.45) is 0. The average Bonchev–Trinajstić information content (AvgIpc) is 2.89. The highest BCUT2D eigenvalue weighted by atomic mass is 32.2. The maximum Gasteiger partial charge on any atom is 0.270 e. The van der Waals surface area contributed by atoms with Crippen LogP contribution in [0.25, 0.3) is 10.2 Å². The standard InChI is InChI=1S/C15H22N2O4S2/c1-7-17(15(2,3)4)23(18,19)14-16-13-11(21-6)8-10(20-5)9-12(13)22-14/h8-9H,7H2,1-6H3. The molecule has 0 fully saturated rings. The molecule has 1 aromatic carbocycles. The molecule has 0 radical (unpaired) electrons. The van der Waals surface area contributed by atoms with E-state index in [1.54, 1.807) is 19.2 Å². The minimum atomic E-state index is -3.67. The first-order valence-electron chi connectivity index (χ1n) is 7.20. The third kappa shape index (κ3) is 3.29. The van der Waals surface area contributed by atoms with Gasteiger partial charge in [0.1, 0.15) is 17.0 Å². The Hall–Kier alpha value is -1.38. The van der Waals surface area contributed by atoms with Crippen LogP contribution in [0.1, 0.15) is 27.7 Å². The average molecular weight is 358 g/mol. The number of hydrogen-bond donors (Lipinski definition) is 0. The van der Waals surface area contributed by atoms with Crippen molar-refractivity contribution in [2.75, 3.05) is 20.8 Å². The van der Waals surface area contributed by atoms with Crippen LogP contribution in [0.4, 0.5) is 0 Å². The second-order valence-corrected chi connectivity index (χ2v) is 9.06. The van der Waals surface area contributed by atoms with Gasteiger partial charge in [-0.1, -0.05) is 6.92 Å². The van der Waals surface area contributed by atoms with Crippen molar-refractivity contribution < 1.29 is 17.9 Å². The zero-order valence-corrected chi connectivity index (χ0v) is 15.8.